The highest BCUT2D eigenvalue weighted by atomic mass is 35.5. The van der Waals surface area contributed by atoms with E-state index in [1.54, 1.807) is 19.1 Å². The van der Waals surface area contributed by atoms with Gasteiger partial charge in [0.05, 0.1) is 5.02 Å². The van der Waals surface area contributed by atoms with Crippen molar-refractivity contribution in [1.82, 2.24) is 4.72 Å². The second-order valence-electron chi connectivity index (χ2n) is 3.28. The van der Waals surface area contributed by atoms with Crippen molar-refractivity contribution in [2.24, 2.45) is 0 Å². The molecule has 0 spiro atoms. The maximum absolute atomic E-state index is 11.8. The minimum Gasteiger partial charge on any atom is -0.211 e. The van der Waals surface area contributed by atoms with Crippen LogP contribution in [0.2, 0.25) is 5.02 Å². The molecule has 0 unspecified atom stereocenters. The number of hydrogen-bond donors (Lipinski definition) is 1. The van der Waals surface area contributed by atoms with Gasteiger partial charge >= 0.3 is 0 Å². The largest absolute Gasteiger partial charge is 0.242 e. The number of benzene rings is 1. The number of hydrogen-bond acceptors (Lipinski definition) is 2. The molecule has 5 heteroatoms. The van der Waals surface area contributed by atoms with Gasteiger partial charge in [-0.3, -0.25) is 0 Å². The molecule has 1 aromatic rings. The van der Waals surface area contributed by atoms with Crippen LogP contribution in [0, 0.1) is 6.92 Å². The van der Waals surface area contributed by atoms with Gasteiger partial charge in [-0.25, -0.2) is 13.1 Å². The fraction of sp³-hybridized carbons (Fsp3) is 0.400. The number of nitrogens with one attached hydrogen (secondary N) is 1. The molecule has 84 valence electrons. The molecule has 0 saturated heterocycles. The van der Waals surface area contributed by atoms with Crippen LogP contribution in [0.25, 0.3) is 0 Å². The van der Waals surface area contributed by atoms with E-state index in [0.717, 1.165) is 12.0 Å². The highest BCUT2D eigenvalue weighted by Crippen LogP contribution is 2.24. The molecular weight excluding hydrogens is 234 g/mol. The molecule has 0 aliphatic heterocycles. The maximum atomic E-state index is 11.8. The lowest BCUT2D eigenvalue weighted by Crippen LogP contribution is -2.24. The van der Waals surface area contributed by atoms with Gasteiger partial charge in [-0.2, -0.15) is 0 Å². The van der Waals surface area contributed by atoms with Gasteiger partial charge < -0.3 is 0 Å². The molecule has 0 atom stereocenters. The van der Waals surface area contributed by atoms with Gasteiger partial charge in [0.25, 0.3) is 0 Å². The second-order valence-corrected chi connectivity index (χ2v) is 5.40. The van der Waals surface area contributed by atoms with Gasteiger partial charge in [0.2, 0.25) is 10.0 Å². The molecule has 0 saturated carbocycles. The van der Waals surface area contributed by atoms with E-state index in [0.29, 0.717) is 11.6 Å². The Balaban J connectivity index is 3.10. The normalized spacial score (nSPS) is 11.7. The third-order valence-electron chi connectivity index (χ3n) is 1.99. The molecule has 0 aliphatic carbocycles. The summed E-state index contributed by atoms with van der Waals surface area (Å²) in [7, 11) is -3.46. The van der Waals surface area contributed by atoms with Gasteiger partial charge in [0.15, 0.2) is 0 Å². The van der Waals surface area contributed by atoms with E-state index in [9.17, 15) is 8.42 Å². The van der Waals surface area contributed by atoms with E-state index >= 15 is 0 Å². The Morgan fingerprint density at radius 3 is 2.67 bits per heavy atom. The van der Waals surface area contributed by atoms with Crippen LogP contribution >= 0.6 is 11.6 Å². The molecule has 1 rings (SSSR count). The zero-order chi connectivity index (χ0) is 11.5. The van der Waals surface area contributed by atoms with Crippen molar-refractivity contribution < 1.29 is 8.42 Å². The predicted octanol–water partition coefficient (Wildman–Crippen LogP) is 2.34. The molecule has 3 nitrogen and oxygen atoms in total. The van der Waals surface area contributed by atoms with Crippen LogP contribution in [0.4, 0.5) is 0 Å². The molecule has 0 bridgehead atoms. The zero-order valence-corrected chi connectivity index (χ0v) is 10.3. The summed E-state index contributed by atoms with van der Waals surface area (Å²) in [4.78, 5) is 0.151. The van der Waals surface area contributed by atoms with Crippen molar-refractivity contribution in [3.8, 4) is 0 Å². The van der Waals surface area contributed by atoms with Gasteiger partial charge in [-0.05, 0) is 25.0 Å². The minimum atomic E-state index is -3.46. The first-order valence-electron chi connectivity index (χ1n) is 4.74. The van der Waals surface area contributed by atoms with Crippen molar-refractivity contribution >= 4 is 21.6 Å². The van der Waals surface area contributed by atoms with E-state index in [4.69, 9.17) is 11.6 Å². The summed E-state index contributed by atoms with van der Waals surface area (Å²) < 4.78 is 26.0. The molecule has 0 aliphatic rings. The fourth-order valence-electron chi connectivity index (χ4n) is 1.14. The number of halogens is 1. The first-order chi connectivity index (χ1) is 6.99. The van der Waals surface area contributed by atoms with E-state index in [1.807, 2.05) is 6.92 Å². The van der Waals surface area contributed by atoms with E-state index in [1.165, 1.54) is 6.07 Å². The molecule has 0 heterocycles. The first kappa shape index (κ1) is 12.5. The Labute approximate surface area is 95.5 Å². The minimum absolute atomic E-state index is 0.151. The lowest BCUT2D eigenvalue weighted by molar-refractivity contribution is 0.581. The molecular formula is C10H14ClNO2S. The van der Waals surface area contributed by atoms with Crippen molar-refractivity contribution in [2.75, 3.05) is 6.54 Å². The van der Waals surface area contributed by atoms with Crippen LogP contribution in [-0.4, -0.2) is 15.0 Å². The summed E-state index contributed by atoms with van der Waals surface area (Å²) in [5.74, 6) is 0. The topological polar surface area (TPSA) is 46.2 Å². The van der Waals surface area contributed by atoms with Crippen LogP contribution in [0.5, 0.6) is 0 Å². The Bertz CT molecular complexity index is 443. The third-order valence-corrected chi connectivity index (χ3v) is 4.11. The first-order valence-corrected chi connectivity index (χ1v) is 6.60. The third kappa shape index (κ3) is 2.93. The SMILES string of the molecule is CCCNS(=O)(=O)c1cccc(C)c1Cl. The summed E-state index contributed by atoms with van der Waals surface area (Å²) >= 11 is 5.94. The van der Waals surface area contributed by atoms with Crippen LogP contribution in [-0.2, 0) is 10.0 Å². The molecule has 0 amide bonds. The molecule has 15 heavy (non-hydrogen) atoms. The zero-order valence-electron chi connectivity index (χ0n) is 8.75. The van der Waals surface area contributed by atoms with Gasteiger partial charge in [0, 0.05) is 6.54 Å². The maximum Gasteiger partial charge on any atom is 0.242 e. The molecule has 1 N–H and O–H groups in total. The van der Waals surface area contributed by atoms with Crippen molar-refractivity contribution in [1.29, 1.82) is 0 Å². The van der Waals surface area contributed by atoms with Gasteiger partial charge in [-0.1, -0.05) is 30.7 Å². The summed E-state index contributed by atoms with van der Waals surface area (Å²) in [6, 6.07) is 4.97. The monoisotopic (exact) mass is 247 g/mol. The Kier molecular flexibility index (Phi) is 4.13. The standard InChI is InChI=1S/C10H14ClNO2S/c1-3-7-12-15(13,14)9-6-4-5-8(2)10(9)11/h4-6,12H,3,7H2,1-2H3. The number of sulfonamides is 1. The van der Waals surface area contributed by atoms with Crippen molar-refractivity contribution in [2.45, 2.75) is 25.2 Å². The number of aryl methyl sites for hydroxylation is 1. The highest BCUT2D eigenvalue weighted by molar-refractivity contribution is 7.89. The summed E-state index contributed by atoms with van der Waals surface area (Å²) in [6.07, 6.45) is 0.753. The Morgan fingerprint density at radius 1 is 1.40 bits per heavy atom. The van der Waals surface area contributed by atoms with E-state index in [-0.39, 0.29) is 4.90 Å². The smallest absolute Gasteiger partial charge is 0.211 e. The van der Waals surface area contributed by atoms with E-state index in [2.05, 4.69) is 4.72 Å². The second kappa shape index (κ2) is 4.96. The van der Waals surface area contributed by atoms with Crippen molar-refractivity contribution in [3.05, 3.63) is 28.8 Å². The lowest BCUT2D eigenvalue weighted by Gasteiger charge is -2.08. The Morgan fingerprint density at radius 2 is 2.07 bits per heavy atom. The average Bonchev–Trinajstić information content (AvgIpc) is 2.19. The summed E-state index contributed by atoms with van der Waals surface area (Å²) in [5, 5.41) is 0.293. The molecule has 0 fully saturated rings. The van der Waals surface area contributed by atoms with Crippen LogP contribution < -0.4 is 4.72 Å². The molecule has 1 aromatic carbocycles. The van der Waals surface area contributed by atoms with E-state index < -0.39 is 10.0 Å². The van der Waals surface area contributed by atoms with Crippen LogP contribution in [0.1, 0.15) is 18.9 Å². The summed E-state index contributed by atoms with van der Waals surface area (Å²) in [5.41, 5.74) is 0.760. The molecule has 0 radical (unpaired) electrons. The summed E-state index contributed by atoms with van der Waals surface area (Å²) in [6.45, 7) is 4.11. The van der Waals surface area contributed by atoms with Crippen LogP contribution in [0.15, 0.2) is 23.1 Å². The predicted molar refractivity (Wildman–Crippen MR) is 61.7 cm³/mol. The van der Waals surface area contributed by atoms with Gasteiger partial charge in [-0.15, -0.1) is 0 Å². The average molecular weight is 248 g/mol. The van der Waals surface area contributed by atoms with Crippen molar-refractivity contribution in [3.63, 3.8) is 0 Å². The number of rotatable bonds is 4. The van der Waals surface area contributed by atoms with Crippen LogP contribution in [0.3, 0.4) is 0 Å². The lowest BCUT2D eigenvalue weighted by atomic mass is 10.2. The van der Waals surface area contributed by atoms with Gasteiger partial charge in [0.1, 0.15) is 4.90 Å². The fourth-order valence-corrected chi connectivity index (χ4v) is 2.86. The quantitative estimate of drug-likeness (QED) is 0.888. The Hall–Kier alpha value is -0.580. The molecule has 0 aromatic heterocycles. The highest BCUT2D eigenvalue weighted by Gasteiger charge is 2.17.